The van der Waals surface area contributed by atoms with Crippen LogP contribution in [0.3, 0.4) is 0 Å². The molecule has 0 fully saturated rings. The van der Waals surface area contributed by atoms with Crippen molar-refractivity contribution in [3.63, 3.8) is 0 Å². The van der Waals surface area contributed by atoms with Crippen molar-refractivity contribution >= 4 is 75.7 Å². The van der Waals surface area contributed by atoms with Crippen molar-refractivity contribution in [2.24, 2.45) is 0 Å². The Morgan fingerprint density at radius 2 is 0.517 bits per heavy atom. The third-order valence-corrected chi connectivity index (χ3v) is 18.9. The van der Waals surface area contributed by atoms with E-state index in [9.17, 15) is 19.2 Å². The molecule has 12 nitrogen and oxygen atoms in total. The Morgan fingerprint density at radius 1 is 0.333 bits per heavy atom. The maximum absolute atomic E-state index is 12.4. The first-order valence-corrected chi connectivity index (χ1v) is 27.1. The zero-order valence-corrected chi connectivity index (χ0v) is 40.1. The van der Waals surface area contributed by atoms with Crippen LogP contribution in [-0.2, 0) is 18.9 Å². The Balaban J connectivity index is 1.44. The molecule has 0 aromatic heterocycles. The monoisotopic (exact) mass is 1200 g/mol. The molecule has 5 aromatic rings. The predicted molar refractivity (Wildman–Crippen MR) is 226 cm³/mol. The summed E-state index contributed by atoms with van der Waals surface area (Å²) >= 11 is -7.36. The average molecular weight is 1200 g/mol. The average Bonchev–Trinajstić information content (AvgIpc) is 3.20. The van der Waals surface area contributed by atoms with Crippen LogP contribution in [0, 0.1) is 0 Å². The maximum atomic E-state index is 12.4. The van der Waals surface area contributed by atoms with Crippen LogP contribution in [0.1, 0.15) is 69.1 Å². The minimum absolute atomic E-state index is 0.271. The number of carbonyl (C=O) groups excluding carboxylic acids is 4. The molecule has 0 aliphatic rings. The minimum atomic E-state index is -3.68. The summed E-state index contributed by atoms with van der Waals surface area (Å²) < 4.78 is 48.2. The second-order valence-corrected chi connectivity index (χ2v) is 23.7. The molecular weight excluding hydrogens is 1160 g/mol. The molecule has 0 heterocycles. The molecule has 0 spiro atoms. The van der Waals surface area contributed by atoms with Crippen molar-refractivity contribution in [2.75, 3.05) is 0 Å². The molecule has 14 heteroatoms. The Labute approximate surface area is 366 Å². The normalized spacial score (nSPS) is 10.5. The Bertz CT molecular complexity index is 2070. The van der Waals surface area contributed by atoms with Crippen molar-refractivity contribution < 1.29 is 49.4 Å². The third kappa shape index (κ3) is 13.5. The molecule has 0 saturated heterocycles. The van der Waals surface area contributed by atoms with Crippen molar-refractivity contribution in [1.29, 1.82) is 0 Å². The molecule has 60 heavy (non-hydrogen) atoms. The molecule has 0 radical (unpaired) electrons. The van der Waals surface area contributed by atoms with E-state index in [4.69, 9.17) is 30.2 Å². The molecule has 5 aromatic carbocycles. The predicted octanol–water partition coefficient (Wildman–Crippen LogP) is 8.15. The van der Waals surface area contributed by atoms with Crippen LogP contribution in [0.5, 0.6) is 23.0 Å². The number of hydrogen-bond acceptors (Lipinski definition) is 12. The van der Waals surface area contributed by atoms with Crippen molar-refractivity contribution in [2.45, 2.75) is 27.7 Å². The van der Waals surface area contributed by atoms with Crippen LogP contribution in [0.15, 0.2) is 171 Å². The molecule has 0 aliphatic carbocycles. The third-order valence-electron chi connectivity index (χ3n) is 7.45. The van der Waals surface area contributed by atoms with Crippen LogP contribution >= 0.6 is 0 Å². The van der Waals surface area contributed by atoms with Crippen LogP contribution in [0.25, 0.3) is 0 Å². The molecule has 0 unspecified atom stereocenters. The number of carbonyl (C=O) groups is 4. The Morgan fingerprint density at radius 3 is 0.683 bits per heavy atom. The second-order valence-electron chi connectivity index (χ2n) is 12.9. The van der Waals surface area contributed by atoms with Gasteiger partial charge >= 0.3 is 369 Å². The first-order chi connectivity index (χ1) is 28.6. The van der Waals surface area contributed by atoms with E-state index in [1.807, 2.05) is 24.3 Å². The van der Waals surface area contributed by atoms with Gasteiger partial charge in [-0.2, -0.15) is 0 Å². The molecular formula is C46H40Bi2O12. The molecule has 0 saturated carbocycles. The summed E-state index contributed by atoms with van der Waals surface area (Å²) in [5, 5.41) is 0. The van der Waals surface area contributed by atoms with E-state index in [1.165, 1.54) is 0 Å². The molecule has 5 rings (SSSR count). The standard InChI is InChI=1S/4C10H10O3.C6H4.2Bi/c4*1-7(2)13-10(12)8-3-5-9(11)6-4-8;1-2-4-6-5-3-1;;/h4*3-6,11H,1H2,2H3;1-2,5-6H;;/q;;;;;2*+2/p-4. The quantitative estimate of drug-likeness (QED) is 0.0362. The summed E-state index contributed by atoms with van der Waals surface area (Å²) in [6.07, 6.45) is 0. The fourth-order valence-corrected chi connectivity index (χ4v) is 14.7. The van der Waals surface area contributed by atoms with Crippen LogP contribution in [-0.4, -0.2) is 69.1 Å². The molecule has 306 valence electrons. The van der Waals surface area contributed by atoms with E-state index < -0.39 is 69.1 Å². The second kappa shape index (κ2) is 21.2. The van der Waals surface area contributed by atoms with Crippen LogP contribution in [0.2, 0.25) is 0 Å². The fraction of sp³-hybridized carbons (Fsp3) is 0.0870. The van der Waals surface area contributed by atoms with Gasteiger partial charge in [0.25, 0.3) is 0 Å². The molecule has 0 aliphatic heterocycles. The van der Waals surface area contributed by atoms with E-state index in [1.54, 1.807) is 125 Å². The van der Waals surface area contributed by atoms with Gasteiger partial charge in [-0.05, 0) is 0 Å². The van der Waals surface area contributed by atoms with Gasteiger partial charge in [-0.1, -0.05) is 0 Å². The Hall–Kier alpha value is -6.09. The molecule has 0 atom stereocenters. The van der Waals surface area contributed by atoms with Gasteiger partial charge in [0, 0.05) is 0 Å². The van der Waals surface area contributed by atoms with Crippen LogP contribution in [0.4, 0.5) is 0 Å². The van der Waals surface area contributed by atoms with Gasteiger partial charge in [0.15, 0.2) is 0 Å². The first kappa shape index (κ1) is 45.0. The summed E-state index contributed by atoms with van der Waals surface area (Å²) in [5.41, 5.74) is 1.28. The zero-order valence-electron chi connectivity index (χ0n) is 33.2. The fourth-order valence-electron chi connectivity index (χ4n) is 4.80. The van der Waals surface area contributed by atoms with Crippen molar-refractivity contribution in [3.8, 4) is 23.0 Å². The number of hydrogen-bond donors (Lipinski definition) is 0. The van der Waals surface area contributed by atoms with Gasteiger partial charge in [-0.3, -0.25) is 0 Å². The summed E-state index contributed by atoms with van der Waals surface area (Å²) in [4.78, 5) is 49.7. The van der Waals surface area contributed by atoms with Gasteiger partial charge in [-0.25, -0.2) is 0 Å². The topological polar surface area (TPSA) is 142 Å². The first-order valence-electron chi connectivity index (χ1n) is 18.0. The number of allylic oxidation sites excluding steroid dienone is 4. The van der Waals surface area contributed by atoms with E-state index >= 15 is 0 Å². The van der Waals surface area contributed by atoms with E-state index in [-0.39, 0.29) is 23.0 Å². The Kier molecular flexibility index (Phi) is 15.9. The summed E-state index contributed by atoms with van der Waals surface area (Å²) in [6, 6.07) is 33.6. The number of esters is 4. The van der Waals surface area contributed by atoms with E-state index in [0.29, 0.717) is 45.3 Å². The number of rotatable bonds is 18. The van der Waals surface area contributed by atoms with Gasteiger partial charge in [-0.15, -0.1) is 0 Å². The summed E-state index contributed by atoms with van der Waals surface area (Å²) in [5.74, 6) is 0.797. The number of benzene rings is 5. The summed E-state index contributed by atoms with van der Waals surface area (Å²) in [7, 11) is 0. The van der Waals surface area contributed by atoms with Crippen molar-refractivity contribution in [1.82, 2.24) is 0 Å². The molecule has 0 N–H and O–H groups in total. The zero-order chi connectivity index (χ0) is 43.3. The molecule has 0 bridgehead atoms. The van der Waals surface area contributed by atoms with E-state index in [2.05, 4.69) is 26.3 Å². The van der Waals surface area contributed by atoms with E-state index in [0.717, 1.165) is 6.54 Å². The van der Waals surface area contributed by atoms with Gasteiger partial charge in [0.1, 0.15) is 0 Å². The van der Waals surface area contributed by atoms with Gasteiger partial charge in [0.05, 0.1) is 0 Å². The van der Waals surface area contributed by atoms with Crippen molar-refractivity contribution in [3.05, 3.63) is 193 Å². The molecule has 0 amide bonds. The SMILES string of the molecule is C=C(C)OC(=O)c1ccc([O][Bi]([O]c2ccc(C(=O)OC(=C)C)cc2)[c]2cc[c]([Bi]([O]c3ccc(C(=O)OC(=C)C)cc3)[O]c3ccc(C(=O)OC(=C)C)cc3)cc2)cc1. The van der Waals surface area contributed by atoms with Crippen LogP contribution < -0.4 is 17.8 Å². The number of ether oxygens (including phenoxy) is 4. The summed E-state index contributed by atoms with van der Waals surface area (Å²) in [6.45, 7) is 20.8. The van der Waals surface area contributed by atoms with Gasteiger partial charge < -0.3 is 0 Å². The van der Waals surface area contributed by atoms with Gasteiger partial charge in [0.2, 0.25) is 0 Å².